The van der Waals surface area contributed by atoms with Crippen molar-refractivity contribution in [3.63, 3.8) is 0 Å². The Kier molecular flexibility index (Phi) is 3.18. The first-order valence-electron chi connectivity index (χ1n) is 3.59. The predicted octanol–water partition coefficient (Wildman–Crippen LogP) is 0.547. The summed E-state index contributed by atoms with van der Waals surface area (Å²) in [5.41, 5.74) is 3.95. The third-order valence-corrected chi connectivity index (χ3v) is 1.40. The fourth-order valence-electron chi connectivity index (χ4n) is 0.858. The van der Waals surface area contributed by atoms with Gasteiger partial charge < -0.3 is 10.4 Å². The normalized spacial score (nSPS) is 9.45. The molecule has 4 heteroatoms. The second-order valence-corrected chi connectivity index (χ2v) is 2.25. The Bertz CT molecular complexity index is 192. The van der Waals surface area contributed by atoms with Gasteiger partial charge in [-0.05, 0) is 12.8 Å². The number of hydrogen-bond donors (Lipinski definition) is 2. The minimum atomic E-state index is 0.864. The Labute approximate surface area is 65.7 Å². The second-order valence-electron chi connectivity index (χ2n) is 2.25. The summed E-state index contributed by atoms with van der Waals surface area (Å²) in [4.78, 5) is 6.94. The van der Waals surface area contributed by atoms with E-state index in [1.165, 1.54) is 0 Å². The van der Waals surface area contributed by atoms with Gasteiger partial charge in [-0.3, -0.25) is 0 Å². The number of hydrazone groups is 1. The predicted molar refractivity (Wildman–Crippen MR) is 44.5 cm³/mol. The lowest BCUT2D eigenvalue weighted by atomic mass is 10.2. The first-order valence-corrected chi connectivity index (χ1v) is 3.59. The zero-order valence-corrected chi connectivity index (χ0v) is 6.38. The molecule has 60 valence electrons. The van der Waals surface area contributed by atoms with E-state index in [0.717, 1.165) is 25.1 Å². The summed E-state index contributed by atoms with van der Waals surface area (Å²) in [5, 5.41) is 3.53. The van der Waals surface area contributed by atoms with Gasteiger partial charge in [-0.15, -0.1) is 0 Å². The molecule has 0 aliphatic rings. The highest BCUT2D eigenvalue weighted by molar-refractivity contribution is 5.22. The second kappa shape index (κ2) is 4.49. The first-order chi connectivity index (χ1) is 5.43. The van der Waals surface area contributed by atoms with Crippen molar-refractivity contribution in [2.24, 2.45) is 5.10 Å². The van der Waals surface area contributed by atoms with E-state index in [9.17, 15) is 0 Å². The molecule has 0 atom stereocenters. The topological polar surface area (TPSA) is 53.1 Å². The number of imidazole rings is 1. The van der Waals surface area contributed by atoms with E-state index in [-0.39, 0.29) is 0 Å². The molecule has 1 heterocycles. The summed E-state index contributed by atoms with van der Waals surface area (Å²) >= 11 is 0. The van der Waals surface area contributed by atoms with Crippen molar-refractivity contribution in [2.45, 2.75) is 12.8 Å². The number of H-pyrrole nitrogens is 1. The van der Waals surface area contributed by atoms with Crippen molar-refractivity contribution in [3.05, 3.63) is 18.2 Å². The van der Waals surface area contributed by atoms with Crippen LogP contribution >= 0.6 is 0 Å². The standard InChI is InChI=1S/C7H12N4/c1-8-11-4-2-3-7-5-9-6-10-7/h5-6,11H,1-4H2,(H,9,10). The van der Waals surface area contributed by atoms with E-state index in [1.54, 1.807) is 6.33 Å². The van der Waals surface area contributed by atoms with Crippen molar-refractivity contribution in [2.75, 3.05) is 6.54 Å². The molecule has 0 amide bonds. The van der Waals surface area contributed by atoms with E-state index >= 15 is 0 Å². The largest absolute Gasteiger partial charge is 0.348 e. The van der Waals surface area contributed by atoms with Crippen LogP contribution in [0, 0.1) is 0 Å². The minimum absolute atomic E-state index is 0.864. The van der Waals surface area contributed by atoms with Gasteiger partial charge in [-0.25, -0.2) is 4.98 Å². The van der Waals surface area contributed by atoms with Crippen LogP contribution in [0.4, 0.5) is 0 Å². The number of nitrogens with zero attached hydrogens (tertiary/aromatic N) is 2. The van der Waals surface area contributed by atoms with E-state index < -0.39 is 0 Å². The summed E-state index contributed by atoms with van der Waals surface area (Å²) in [7, 11) is 0. The number of aromatic amines is 1. The highest BCUT2D eigenvalue weighted by Crippen LogP contribution is 1.94. The average molecular weight is 152 g/mol. The molecule has 1 aromatic rings. The maximum absolute atomic E-state index is 3.91. The molecule has 0 spiro atoms. The Balaban J connectivity index is 2.09. The van der Waals surface area contributed by atoms with Crippen molar-refractivity contribution in [3.8, 4) is 0 Å². The van der Waals surface area contributed by atoms with Gasteiger partial charge in [-0.1, -0.05) is 0 Å². The van der Waals surface area contributed by atoms with Crippen LogP contribution in [-0.4, -0.2) is 23.2 Å². The van der Waals surface area contributed by atoms with Crippen LogP contribution in [0.2, 0.25) is 0 Å². The molecule has 1 rings (SSSR count). The summed E-state index contributed by atoms with van der Waals surface area (Å²) < 4.78 is 0. The average Bonchev–Trinajstić information content (AvgIpc) is 2.50. The molecular formula is C7H12N4. The van der Waals surface area contributed by atoms with E-state index in [0.29, 0.717) is 0 Å². The van der Waals surface area contributed by atoms with Gasteiger partial charge in [0.2, 0.25) is 0 Å². The number of rotatable bonds is 5. The molecule has 0 unspecified atom stereocenters. The van der Waals surface area contributed by atoms with Crippen molar-refractivity contribution in [1.82, 2.24) is 15.4 Å². The summed E-state index contributed by atoms with van der Waals surface area (Å²) in [6.07, 6.45) is 5.57. The van der Waals surface area contributed by atoms with Gasteiger partial charge in [0.15, 0.2) is 0 Å². The Morgan fingerprint density at radius 1 is 1.73 bits per heavy atom. The van der Waals surface area contributed by atoms with Crippen molar-refractivity contribution < 1.29 is 0 Å². The summed E-state index contributed by atoms with van der Waals surface area (Å²) in [6, 6.07) is 0. The SMILES string of the molecule is C=NNCCCc1cnc[nH]1. The van der Waals surface area contributed by atoms with Crippen LogP contribution < -0.4 is 5.43 Å². The Morgan fingerprint density at radius 3 is 3.27 bits per heavy atom. The molecule has 2 N–H and O–H groups in total. The maximum atomic E-state index is 3.91. The van der Waals surface area contributed by atoms with Gasteiger partial charge >= 0.3 is 0 Å². The first kappa shape index (κ1) is 7.78. The molecule has 1 aromatic heterocycles. The molecule has 0 aliphatic carbocycles. The van der Waals surface area contributed by atoms with Crippen LogP contribution in [0.5, 0.6) is 0 Å². The smallest absolute Gasteiger partial charge is 0.0921 e. The minimum Gasteiger partial charge on any atom is -0.348 e. The number of hydrogen-bond acceptors (Lipinski definition) is 3. The van der Waals surface area contributed by atoms with Gasteiger partial charge in [0.1, 0.15) is 0 Å². The number of aromatic nitrogens is 2. The molecule has 0 bridgehead atoms. The summed E-state index contributed by atoms with van der Waals surface area (Å²) in [5.74, 6) is 0. The summed E-state index contributed by atoms with van der Waals surface area (Å²) in [6.45, 7) is 4.18. The van der Waals surface area contributed by atoms with Gasteiger partial charge in [0, 0.05) is 25.2 Å². The maximum Gasteiger partial charge on any atom is 0.0921 e. The number of aryl methyl sites for hydroxylation is 1. The van der Waals surface area contributed by atoms with Gasteiger partial charge in [0.25, 0.3) is 0 Å². The Hall–Kier alpha value is -1.32. The lowest BCUT2D eigenvalue weighted by molar-refractivity contribution is 0.680. The lowest BCUT2D eigenvalue weighted by Gasteiger charge is -1.96. The molecule has 0 saturated carbocycles. The van der Waals surface area contributed by atoms with Crippen LogP contribution in [0.15, 0.2) is 17.6 Å². The fraction of sp³-hybridized carbons (Fsp3) is 0.429. The molecule has 0 fully saturated rings. The van der Waals surface area contributed by atoms with Crippen molar-refractivity contribution >= 4 is 6.72 Å². The molecule has 0 aliphatic heterocycles. The van der Waals surface area contributed by atoms with Crippen LogP contribution in [0.1, 0.15) is 12.1 Å². The Morgan fingerprint density at radius 2 is 2.64 bits per heavy atom. The highest BCUT2D eigenvalue weighted by Gasteiger charge is 1.91. The van der Waals surface area contributed by atoms with Crippen LogP contribution in [0.3, 0.4) is 0 Å². The molecule has 11 heavy (non-hydrogen) atoms. The molecular weight excluding hydrogens is 140 g/mol. The highest BCUT2D eigenvalue weighted by atomic mass is 15.3. The molecule has 0 aromatic carbocycles. The fourth-order valence-corrected chi connectivity index (χ4v) is 0.858. The molecule has 4 nitrogen and oxygen atoms in total. The monoisotopic (exact) mass is 152 g/mol. The van der Waals surface area contributed by atoms with Gasteiger partial charge in [-0.2, -0.15) is 5.10 Å². The van der Waals surface area contributed by atoms with E-state index in [1.807, 2.05) is 6.20 Å². The van der Waals surface area contributed by atoms with E-state index in [2.05, 4.69) is 27.2 Å². The zero-order chi connectivity index (χ0) is 7.94. The van der Waals surface area contributed by atoms with Crippen LogP contribution in [-0.2, 0) is 6.42 Å². The third-order valence-electron chi connectivity index (χ3n) is 1.40. The third kappa shape index (κ3) is 2.84. The van der Waals surface area contributed by atoms with Crippen molar-refractivity contribution in [1.29, 1.82) is 0 Å². The quantitative estimate of drug-likeness (QED) is 0.368. The number of nitrogens with one attached hydrogen (secondary N) is 2. The molecule has 0 radical (unpaired) electrons. The zero-order valence-electron chi connectivity index (χ0n) is 6.38. The van der Waals surface area contributed by atoms with E-state index in [4.69, 9.17) is 0 Å². The lowest BCUT2D eigenvalue weighted by Crippen LogP contribution is -2.07. The molecule has 0 saturated heterocycles. The van der Waals surface area contributed by atoms with Gasteiger partial charge in [0.05, 0.1) is 6.33 Å². The van der Waals surface area contributed by atoms with Crippen LogP contribution in [0.25, 0.3) is 0 Å².